The number of nitrogens with one attached hydrogen (secondary N) is 1. The van der Waals surface area contributed by atoms with Crippen LogP contribution in [0.4, 0.5) is 10.6 Å². The Morgan fingerprint density at radius 1 is 1.28 bits per heavy atom. The number of aromatic nitrogens is 1. The highest BCUT2D eigenvalue weighted by Crippen LogP contribution is 2.38. The predicted molar refractivity (Wildman–Crippen MR) is 127 cm³/mol. The standard InChI is InChI=1S/C24H33N3O4S/c1-24(2,3)31-23(29)27-20(22(28)30-4)15-19-13-12-18(32-19)9-5-8-17-11-10-16-7-6-14-25-21(16)26-17/h6-7,12,14,19-20H,5,8-11,13,15H2,1-4H3,(H,27,29). The van der Waals surface area contributed by atoms with Crippen molar-refractivity contribution in [1.29, 1.82) is 0 Å². The first-order chi connectivity index (χ1) is 15.2. The number of alkyl carbamates (subject to hydrolysis) is 1. The highest BCUT2D eigenvalue weighted by atomic mass is 32.2. The molecule has 3 rings (SSSR count). The van der Waals surface area contributed by atoms with E-state index in [1.165, 1.54) is 23.3 Å². The molecule has 0 spiro atoms. The monoisotopic (exact) mass is 459 g/mol. The van der Waals surface area contributed by atoms with Crippen molar-refractivity contribution in [3.05, 3.63) is 34.9 Å². The molecule has 0 bridgehead atoms. The quantitative estimate of drug-likeness (QED) is 0.543. The molecule has 1 aromatic heterocycles. The van der Waals surface area contributed by atoms with Crippen molar-refractivity contribution in [3.63, 3.8) is 0 Å². The molecule has 0 saturated carbocycles. The molecule has 0 radical (unpaired) electrons. The second-order valence-corrected chi connectivity index (χ2v) is 10.5. The predicted octanol–water partition coefficient (Wildman–Crippen LogP) is 5.12. The van der Waals surface area contributed by atoms with Crippen molar-refractivity contribution >= 4 is 35.4 Å². The topological polar surface area (TPSA) is 89.9 Å². The molecule has 3 heterocycles. The van der Waals surface area contributed by atoms with Crippen LogP contribution < -0.4 is 5.32 Å². The summed E-state index contributed by atoms with van der Waals surface area (Å²) in [4.78, 5) is 34.7. The van der Waals surface area contributed by atoms with Gasteiger partial charge in [-0.1, -0.05) is 12.1 Å². The fraction of sp³-hybridized carbons (Fsp3) is 0.583. The lowest BCUT2D eigenvalue weighted by atomic mass is 10.0. The van der Waals surface area contributed by atoms with E-state index in [1.807, 2.05) is 6.07 Å². The third-order valence-corrected chi connectivity index (χ3v) is 6.70. The van der Waals surface area contributed by atoms with Gasteiger partial charge in [-0.2, -0.15) is 0 Å². The van der Waals surface area contributed by atoms with Crippen LogP contribution in [0.15, 0.2) is 34.3 Å². The van der Waals surface area contributed by atoms with E-state index in [0.717, 1.165) is 44.3 Å². The summed E-state index contributed by atoms with van der Waals surface area (Å²) in [6.07, 6.45) is 9.86. The van der Waals surface area contributed by atoms with E-state index in [4.69, 9.17) is 14.5 Å². The molecular formula is C24H33N3O4S. The number of thioether (sulfide) groups is 1. The maximum Gasteiger partial charge on any atom is 0.408 e. The Bertz CT molecular complexity index is 891. The minimum absolute atomic E-state index is 0.229. The maximum atomic E-state index is 12.2. The van der Waals surface area contributed by atoms with Gasteiger partial charge in [-0.15, -0.1) is 11.8 Å². The number of hydrogen-bond acceptors (Lipinski definition) is 7. The molecule has 2 aliphatic rings. The average molecular weight is 460 g/mol. The van der Waals surface area contributed by atoms with E-state index in [0.29, 0.717) is 6.42 Å². The molecule has 8 heteroatoms. The van der Waals surface area contributed by atoms with Gasteiger partial charge < -0.3 is 14.8 Å². The number of aryl methyl sites for hydroxylation is 1. The molecule has 0 aliphatic carbocycles. The average Bonchev–Trinajstić information content (AvgIpc) is 3.18. The molecule has 1 aromatic rings. The first kappa shape index (κ1) is 24.3. The summed E-state index contributed by atoms with van der Waals surface area (Å²) < 4.78 is 10.2. The molecule has 174 valence electrons. The summed E-state index contributed by atoms with van der Waals surface area (Å²) in [7, 11) is 1.33. The van der Waals surface area contributed by atoms with Gasteiger partial charge >= 0.3 is 12.1 Å². The molecule has 1 N–H and O–H groups in total. The lowest BCUT2D eigenvalue weighted by Crippen LogP contribution is -2.45. The minimum atomic E-state index is -0.718. The van der Waals surface area contributed by atoms with Crippen molar-refractivity contribution in [2.45, 2.75) is 82.6 Å². The van der Waals surface area contributed by atoms with Crippen molar-refractivity contribution in [2.24, 2.45) is 4.99 Å². The van der Waals surface area contributed by atoms with Gasteiger partial charge in [0.15, 0.2) is 5.82 Å². The van der Waals surface area contributed by atoms with Crippen LogP contribution in [0.3, 0.4) is 0 Å². The Morgan fingerprint density at radius 2 is 2.09 bits per heavy atom. The number of carbonyl (C=O) groups excluding carboxylic acids is 2. The van der Waals surface area contributed by atoms with E-state index < -0.39 is 23.7 Å². The third kappa shape index (κ3) is 7.36. The zero-order valence-electron chi connectivity index (χ0n) is 19.3. The molecule has 32 heavy (non-hydrogen) atoms. The van der Waals surface area contributed by atoms with Crippen molar-refractivity contribution in [1.82, 2.24) is 10.3 Å². The van der Waals surface area contributed by atoms with Gasteiger partial charge in [-0.3, -0.25) is 0 Å². The van der Waals surface area contributed by atoms with Crippen molar-refractivity contribution in [2.75, 3.05) is 7.11 Å². The number of nitrogens with zero attached hydrogens (tertiary/aromatic N) is 2. The molecular weight excluding hydrogens is 426 g/mol. The largest absolute Gasteiger partial charge is 0.467 e. The molecule has 2 aliphatic heterocycles. The van der Waals surface area contributed by atoms with E-state index in [1.54, 1.807) is 38.7 Å². The number of pyridine rings is 1. The van der Waals surface area contributed by atoms with Gasteiger partial charge in [0, 0.05) is 17.2 Å². The van der Waals surface area contributed by atoms with Gasteiger partial charge in [-0.05, 0) is 82.3 Å². The van der Waals surface area contributed by atoms with Crippen LogP contribution >= 0.6 is 11.8 Å². The van der Waals surface area contributed by atoms with Gasteiger partial charge in [0.05, 0.1) is 7.11 Å². The smallest absolute Gasteiger partial charge is 0.408 e. The summed E-state index contributed by atoms with van der Waals surface area (Å²) >= 11 is 1.79. The lowest BCUT2D eigenvalue weighted by molar-refractivity contribution is -0.143. The molecule has 1 amide bonds. The number of aliphatic imine (C=N–C) groups is 1. The SMILES string of the molecule is COC(=O)C(CC1CC=C(CCCC2=Nc3ncccc3CC2)S1)NC(=O)OC(C)(C)C. The van der Waals surface area contributed by atoms with Crippen molar-refractivity contribution < 1.29 is 19.1 Å². The van der Waals surface area contributed by atoms with Crippen LogP contribution in [0.25, 0.3) is 0 Å². The van der Waals surface area contributed by atoms with E-state index in [9.17, 15) is 9.59 Å². The summed E-state index contributed by atoms with van der Waals surface area (Å²) in [6.45, 7) is 5.37. The number of carbonyl (C=O) groups is 2. The number of allylic oxidation sites excluding steroid dienone is 2. The first-order valence-electron chi connectivity index (χ1n) is 11.2. The Hall–Kier alpha value is -2.35. The van der Waals surface area contributed by atoms with Crippen LogP contribution in [-0.2, 0) is 20.7 Å². The van der Waals surface area contributed by atoms with Crippen LogP contribution in [-0.4, -0.2) is 46.8 Å². The Morgan fingerprint density at radius 3 is 2.84 bits per heavy atom. The highest BCUT2D eigenvalue weighted by Gasteiger charge is 2.30. The number of hydrogen-bond donors (Lipinski definition) is 1. The summed E-state index contributed by atoms with van der Waals surface area (Å²) in [5, 5.41) is 2.90. The lowest BCUT2D eigenvalue weighted by Gasteiger charge is -2.24. The van der Waals surface area contributed by atoms with Gasteiger partial charge in [0.2, 0.25) is 0 Å². The number of ether oxygens (including phenoxy) is 2. The molecule has 2 atom stereocenters. The second-order valence-electron chi connectivity index (χ2n) is 9.12. The first-order valence-corrected chi connectivity index (χ1v) is 12.0. The maximum absolute atomic E-state index is 12.2. The zero-order chi connectivity index (χ0) is 23.1. The number of rotatable bonds is 8. The number of fused-ring (bicyclic) bond motifs is 1. The zero-order valence-corrected chi connectivity index (χ0v) is 20.2. The fourth-order valence-electron chi connectivity index (χ4n) is 3.81. The Labute approximate surface area is 194 Å². The summed E-state index contributed by atoms with van der Waals surface area (Å²) in [5.41, 5.74) is 1.83. The van der Waals surface area contributed by atoms with Crippen LogP contribution in [0, 0.1) is 0 Å². The number of methoxy groups -OCH3 is 1. The van der Waals surface area contributed by atoms with Crippen LogP contribution in [0.2, 0.25) is 0 Å². The fourth-order valence-corrected chi connectivity index (χ4v) is 5.17. The number of esters is 1. The Kier molecular flexibility index (Phi) is 8.34. The van der Waals surface area contributed by atoms with E-state index in [-0.39, 0.29) is 5.25 Å². The summed E-state index contributed by atoms with van der Waals surface area (Å²) in [6, 6.07) is 3.35. The Balaban J connectivity index is 1.44. The van der Waals surface area contributed by atoms with Gasteiger partial charge in [-0.25, -0.2) is 19.6 Å². The molecule has 0 saturated heterocycles. The van der Waals surface area contributed by atoms with Crippen LogP contribution in [0.1, 0.15) is 64.9 Å². The third-order valence-electron chi connectivity index (χ3n) is 5.30. The normalized spacial score (nSPS) is 18.8. The summed E-state index contributed by atoms with van der Waals surface area (Å²) in [5.74, 6) is 0.420. The van der Waals surface area contributed by atoms with Crippen molar-refractivity contribution in [3.8, 4) is 0 Å². The number of amides is 1. The second kappa shape index (κ2) is 11.0. The van der Waals surface area contributed by atoms with Crippen LogP contribution in [0.5, 0.6) is 0 Å². The highest BCUT2D eigenvalue weighted by molar-refractivity contribution is 8.03. The molecule has 7 nitrogen and oxygen atoms in total. The molecule has 0 aromatic carbocycles. The van der Waals surface area contributed by atoms with Gasteiger partial charge in [0.25, 0.3) is 0 Å². The van der Waals surface area contributed by atoms with Gasteiger partial charge in [0.1, 0.15) is 11.6 Å². The minimum Gasteiger partial charge on any atom is -0.467 e. The van der Waals surface area contributed by atoms with E-state index >= 15 is 0 Å². The van der Waals surface area contributed by atoms with E-state index in [2.05, 4.69) is 22.4 Å². The molecule has 0 fully saturated rings. The molecule has 2 unspecified atom stereocenters.